The monoisotopic (exact) mass is 329 g/mol. The standard InChI is InChI=1S/C15H18F3N3O2/c1-11(10-21-8-2-7-20-21)19-9-14(22)12-3-5-13(6-4-12)23-15(16,17)18/h2-8,11,14,19,22H,9-10H2,1H3/t11-,14-/m0/s1. The smallest absolute Gasteiger partial charge is 0.406 e. The van der Waals surface area contributed by atoms with Gasteiger partial charge in [0.05, 0.1) is 12.6 Å². The van der Waals surface area contributed by atoms with E-state index >= 15 is 0 Å². The molecule has 1 aromatic heterocycles. The molecular formula is C15H18F3N3O2. The first-order chi connectivity index (χ1) is 10.8. The zero-order chi connectivity index (χ0) is 16.9. The van der Waals surface area contributed by atoms with Gasteiger partial charge in [-0.25, -0.2) is 0 Å². The number of benzene rings is 1. The van der Waals surface area contributed by atoms with Gasteiger partial charge in [-0.15, -0.1) is 13.2 Å². The average molecular weight is 329 g/mol. The zero-order valence-corrected chi connectivity index (χ0v) is 12.5. The second-order valence-electron chi connectivity index (χ2n) is 5.17. The Morgan fingerprint density at radius 3 is 2.57 bits per heavy atom. The lowest BCUT2D eigenvalue weighted by Crippen LogP contribution is -2.33. The first-order valence-electron chi connectivity index (χ1n) is 7.08. The second kappa shape index (κ2) is 7.47. The van der Waals surface area contributed by atoms with Crippen LogP contribution in [-0.4, -0.2) is 33.8 Å². The van der Waals surface area contributed by atoms with Crippen molar-refractivity contribution in [3.63, 3.8) is 0 Å². The molecule has 0 fully saturated rings. The van der Waals surface area contributed by atoms with E-state index in [9.17, 15) is 18.3 Å². The summed E-state index contributed by atoms with van der Waals surface area (Å²) in [6.07, 6.45) is -2.01. The highest BCUT2D eigenvalue weighted by molar-refractivity contribution is 5.28. The number of aliphatic hydroxyl groups excluding tert-OH is 1. The molecular weight excluding hydrogens is 311 g/mol. The summed E-state index contributed by atoms with van der Waals surface area (Å²) in [4.78, 5) is 0. The van der Waals surface area contributed by atoms with Crippen LogP contribution in [0.4, 0.5) is 13.2 Å². The lowest BCUT2D eigenvalue weighted by Gasteiger charge is -2.18. The zero-order valence-electron chi connectivity index (χ0n) is 12.5. The van der Waals surface area contributed by atoms with Crippen molar-refractivity contribution >= 4 is 0 Å². The van der Waals surface area contributed by atoms with E-state index in [1.165, 1.54) is 24.3 Å². The highest BCUT2D eigenvalue weighted by Gasteiger charge is 2.31. The Hall–Kier alpha value is -2.06. The highest BCUT2D eigenvalue weighted by Crippen LogP contribution is 2.24. The molecule has 0 aliphatic heterocycles. The number of hydrogen-bond donors (Lipinski definition) is 2. The van der Waals surface area contributed by atoms with Gasteiger partial charge in [0.1, 0.15) is 5.75 Å². The van der Waals surface area contributed by atoms with Crippen LogP contribution in [0.25, 0.3) is 0 Å². The van der Waals surface area contributed by atoms with Crippen LogP contribution < -0.4 is 10.1 Å². The van der Waals surface area contributed by atoms with Gasteiger partial charge < -0.3 is 15.2 Å². The Balaban J connectivity index is 1.82. The van der Waals surface area contributed by atoms with Gasteiger partial charge in [0.25, 0.3) is 0 Å². The van der Waals surface area contributed by atoms with Crippen molar-refractivity contribution in [1.82, 2.24) is 15.1 Å². The molecule has 0 unspecified atom stereocenters. The Kier molecular flexibility index (Phi) is 5.62. The Labute approximate surface area is 131 Å². The summed E-state index contributed by atoms with van der Waals surface area (Å²) in [6, 6.07) is 7.08. The molecule has 2 N–H and O–H groups in total. The summed E-state index contributed by atoms with van der Waals surface area (Å²) in [5.74, 6) is -0.312. The lowest BCUT2D eigenvalue weighted by molar-refractivity contribution is -0.274. The minimum atomic E-state index is -4.72. The van der Waals surface area contributed by atoms with Crippen LogP contribution in [0.5, 0.6) is 5.75 Å². The first-order valence-corrected chi connectivity index (χ1v) is 7.08. The molecule has 0 bridgehead atoms. The van der Waals surface area contributed by atoms with Gasteiger partial charge in [0, 0.05) is 25.0 Å². The van der Waals surface area contributed by atoms with Crippen LogP contribution in [0.3, 0.4) is 0 Å². The number of nitrogens with zero attached hydrogens (tertiary/aromatic N) is 2. The summed E-state index contributed by atoms with van der Waals surface area (Å²) >= 11 is 0. The van der Waals surface area contributed by atoms with E-state index in [1.54, 1.807) is 10.9 Å². The third-order valence-corrected chi connectivity index (χ3v) is 3.18. The number of aliphatic hydroxyl groups is 1. The van der Waals surface area contributed by atoms with Gasteiger partial charge >= 0.3 is 6.36 Å². The molecule has 2 rings (SSSR count). The van der Waals surface area contributed by atoms with Crippen LogP contribution in [0, 0.1) is 0 Å². The van der Waals surface area contributed by atoms with Crippen LogP contribution in [-0.2, 0) is 6.54 Å². The number of nitrogens with one attached hydrogen (secondary N) is 1. The maximum atomic E-state index is 12.1. The van der Waals surface area contributed by atoms with Crippen LogP contribution in [0.2, 0.25) is 0 Å². The normalized spacial score (nSPS) is 14.5. The number of halogens is 3. The first kappa shape index (κ1) is 17.3. The summed E-state index contributed by atoms with van der Waals surface area (Å²) in [5.41, 5.74) is 0.512. The van der Waals surface area contributed by atoms with Crippen LogP contribution in [0.1, 0.15) is 18.6 Å². The molecule has 0 saturated carbocycles. The maximum absolute atomic E-state index is 12.1. The number of hydrogen-bond acceptors (Lipinski definition) is 4. The van der Waals surface area contributed by atoms with E-state index in [1.807, 2.05) is 19.2 Å². The number of alkyl halides is 3. The van der Waals surface area contributed by atoms with Gasteiger partial charge in [-0.3, -0.25) is 4.68 Å². The van der Waals surface area contributed by atoms with E-state index in [2.05, 4.69) is 15.2 Å². The predicted octanol–water partition coefficient (Wildman–Crippen LogP) is 2.49. The van der Waals surface area contributed by atoms with Gasteiger partial charge in [-0.1, -0.05) is 12.1 Å². The fraction of sp³-hybridized carbons (Fsp3) is 0.400. The van der Waals surface area contributed by atoms with E-state index in [-0.39, 0.29) is 18.3 Å². The topological polar surface area (TPSA) is 59.3 Å². The van der Waals surface area contributed by atoms with Crippen molar-refractivity contribution in [2.24, 2.45) is 0 Å². The second-order valence-corrected chi connectivity index (χ2v) is 5.17. The van der Waals surface area contributed by atoms with Crippen molar-refractivity contribution in [3.8, 4) is 5.75 Å². The SMILES string of the molecule is C[C@@H](Cn1cccn1)NC[C@H](O)c1ccc(OC(F)(F)F)cc1. The van der Waals surface area contributed by atoms with Gasteiger partial charge in [0.15, 0.2) is 0 Å². The van der Waals surface area contributed by atoms with E-state index < -0.39 is 12.5 Å². The minimum absolute atomic E-state index is 0.0809. The van der Waals surface area contributed by atoms with Gasteiger partial charge in [-0.05, 0) is 30.7 Å². The molecule has 0 aliphatic rings. The molecule has 1 aromatic carbocycles. The molecule has 1 heterocycles. The fourth-order valence-corrected chi connectivity index (χ4v) is 2.08. The minimum Gasteiger partial charge on any atom is -0.406 e. The highest BCUT2D eigenvalue weighted by atomic mass is 19.4. The van der Waals surface area contributed by atoms with Crippen molar-refractivity contribution in [2.75, 3.05) is 6.54 Å². The van der Waals surface area contributed by atoms with Crippen molar-refractivity contribution < 1.29 is 23.0 Å². The summed E-state index contributed by atoms with van der Waals surface area (Å²) < 4.78 is 41.8. The lowest BCUT2D eigenvalue weighted by atomic mass is 10.1. The molecule has 8 heteroatoms. The van der Waals surface area contributed by atoms with Gasteiger partial charge in [-0.2, -0.15) is 5.10 Å². The van der Waals surface area contributed by atoms with Crippen LogP contribution in [0.15, 0.2) is 42.7 Å². The predicted molar refractivity (Wildman–Crippen MR) is 77.8 cm³/mol. The molecule has 2 atom stereocenters. The van der Waals surface area contributed by atoms with E-state index in [4.69, 9.17) is 0 Å². The average Bonchev–Trinajstić information content (AvgIpc) is 2.97. The fourth-order valence-electron chi connectivity index (χ4n) is 2.08. The third-order valence-electron chi connectivity index (χ3n) is 3.18. The molecule has 0 radical (unpaired) electrons. The molecule has 0 amide bonds. The Morgan fingerprint density at radius 1 is 1.30 bits per heavy atom. The van der Waals surface area contributed by atoms with Crippen molar-refractivity contribution in [2.45, 2.75) is 32.0 Å². The molecule has 23 heavy (non-hydrogen) atoms. The summed E-state index contributed by atoms with van der Waals surface area (Å²) in [7, 11) is 0. The maximum Gasteiger partial charge on any atom is 0.573 e. The number of rotatable bonds is 7. The molecule has 5 nitrogen and oxygen atoms in total. The van der Waals surface area contributed by atoms with E-state index in [0.29, 0.717) is 12.1 Å². The molecule has 126 valence electrons. The largest absolute Gasteiger partial charge is 0.573 e. The number of ether oxygens (including phenoxy) is 1. The summed E-state index contributed by atoms with van der Waals surface area (Å²) in [5, 5.41) is 17.3. The van der Waals surface area contributed by atoms with Gasteiger partial charge in [0.2, 0.25) is 0 Å². The molecule has 2 aromatic rings. The number of aromatic nitrogens is 2. The molecule has 0 saturated heterocycles. The summed E-state index contributed by atoms with van der Waals surface area (Å²) in [6.45, 7) is 2.88. The Morgan fingerprint density at radius 2 is 2.00 bits per heavy atom. The van der Waals surface area contributed by atoms with Crippen molar-refractivity contribution in [1.29, 1.82) is 0 Å². The Bertz CT molecular complexity index is 585. The third kappa shape index (κ3) is 5.91. The van der Waals surface area contributed by atoms with E-state index in [0.717, 1.165) is 0 Å². The quantitative estimate of drug-likeness (QED) is 0.819. The van der Waals surface area contributed by atoms with Crippen molar-refractivity contribution in [3.05, 3.63) is 48.3 Å². The van der Waals surface area contributed by atoms with Crippen LogP contribution >= 0.6 is 0 Å². The molecule has 0 spiro atoms. The molecule has 0 aliphatic carbocycles.